The van der Waals surface area contributed by atoms with Crippen molar-refractivity contribution in [3.63, 3.8) is 0 Å². The van der Waals surface area contributed by atoms with Gasteiger partial charge in [0.2, 0.25) is 0 Å². The number of hydrogen-bond donors (Lipinski definition) is 1. The van der Waals surface area contributed by atoms with E-state index >= 15 is 0 Å². The van der Waals surface area contributed by atoms with E-state index in [0.717, 1.165) is 31.6 Å². The molecule has 28 heavy (non-hydrogen) atoms. The Morgan fingerprint density at radius 2 is 1.82 bits per heavy atom. The second-order valence-corrected chi connectivity index (χ2v) is 7.55. The first-order valence-electron chi connectivity index (χ1n) is 9.53. The lowest BCUT2D eigenvalue weighted by molar-refractivity contribution is 0.525. The Morgan fingerprint density at radius 1 is 1.07 bits per heavy atom. The largest absolute Gasteiger partial charge is 0.382 e. The summed E-state index contributed by atoms with van der Waals surface area (Å²) >= 11 is 6.43. The predicted molar refractivity (Wildman–Crippen MR) is 115 cm³/mol. The molecule has 0 bridgehead atoms. The number of piperidine rings is 1. The Hall–Kier alpha value is -2.79. The molecule has 0 saturated carbocycles. The van der Waals surface area contributed by atoms with Gasteiger partial charge in [-0.2, -0.15) is 9.78 Å². The molecule has 6 heteroatoms. The molecule has 0 aliphatic carbocycles. The van der Waals surface area contributed by atoms with Crippen LogP contribution in [0.4, 0.5) is 11.4 Å². The maximum absolute atomic E-state index is 12.7. The molecule has 1 aliphatic heterocycles. The van der Waals surface area contributed by atoms with E-state index in [4.69, 9.17) is 11.6 Å². The highest BCUT2D eigenvalue weighted by Crippen LogP contribution is 2.26. The van der Waals surface area contributed by atoms with Crippen molar-refractivity contribution < 1.29 is 0 Å². The van der Waals surface area contributed by atoms with Crippen molar-refractivity contribution >= 4 is 23.0 Å². The molecule has 144 valence electrons. The Balaban J connectivity index is 1.46. The van der Waals surface area contributed by atoms with Crippen LogP contribution >= 0.6 is 11.6 Å². The van der Waals surface area contributed by atoms with Crippen LogP contribution < -0.4 is 15.8 Å². The van der Waals surface area contributed by atoms with Crippen LogP contribution in [-0.2, 0) is 0 Å². The zero-order valence-electron chi connectivity index (χ0n) is 15.8. The van der Waals surface area contributed by atoms with E-state index in [0.29, 0.717) is 17.4 Å². The molecule has 4 rings (SSSR count). The quantitative estimate of drug-likeness (QED) is 0.717. The minimum atomic E-state index is -0.287. The van der Waals surface area contributed by atoms with Gasteiger partial charge in [-0.25, -0.2) is 0 Å². The summed E-state index contributed by atoms with van der Waals surface area (Å²) in [7, 11) is 0. The number of anilines is 2. The molecule has 0 radical (unpaired) electrons. The summed E-state index contributed by atoms with van der Waals surface area (Å²) in [5, 5.41) is 8.18. The van der Waals surface area contributed by atoms with E-state index in [9.17, 15) is 4.79 Å². The highest BCUT2D eigenvalue weighted by atomic mass is 35.5. The Bertz CT molecular complexity index is 1010. The number of nitrogens with one attached hydrogen (secondary N) is 1. The number of aromatic nitrogens is 2. The normalized spacial score (nSPS) is 14.9. The van der Waals surface area contributed by atoms with Gasteiger partial charge in [0.05, 0.1) is 17.6 Å². The predicted octanol–water partition coefficient (Wildman–Crippen LogP) is 4.28. The summed E-state index contributed by atoms with van der Waals surface area (Å²) in [6.07, 6.45) is 3.66. The van der Waals surface area contributed by atoms with E-state index in [2.05, 4.69) is 46.5 Å². The van der Waals surface area contributed by atoms with Gasteiger partial charge in [-0.1, -0.05) is 41.9 Å². The van der Waals surface area contributed by atoms with Crippen LogP contribution in [0, 0.1) is 6.92 Å². The number of benzene rings is 2. The van der Waals surface area contributed by atoms with E-state index in [1.807, 2.05) is 30.3 Å². The minimum absolute atomic E-state index is 0.226. The summed E-state index contributed by atoms with van der Waals surface area (Å²) in [6, 6.07) is 18.2. The van der Waals surface area contributed by atoms with Gasteiger partial charge in [0.25, 0.3) is 5.56 Å². The molecular formula is C22H23ClN4O. The Kier molecular flexibility index (Phi) is 5.35. The lowest BCUT2D eigenvalue weighted by Gasteiger charge is -2.34. The minimum Gasteiger partial charge on any atom is -0.382 e. The van der Waals surface area contributed by atoms with E-state index in [1.165, 1.54) is 10.2 Å². The molecule has 0 unspecified atom stereocenters. The molecule has 2 heterocycles. The molecule has 3 aromatic rings. The monoisotopic (exact) mass is 394 g/mol. The first kappa shape index (κ1) is 18.6. The average Bonchev–Trinajstić information content (AvgIpc) is 2.71. The van der Waals surface area contributed by atoms with E-state index in [1.54, 1.807) is 6.20 Å². The van der Waals surface area contributed by atoms with E-state index < -0.39 is 0 Å². The van der Waals surface area contributed by atoms with Crippen molar-refractivity contribution in [3.05, 3.63) is 81.7 Å². The van der Waals surface area contributed by atoms with Gasteiger partial charge in [0, 0.05) is 24.8 Å². The fraction of sp³-hybridized carbons (Fsp3) is 0.273. The molecule has 2 aromatic carbocycles. The maximum Gasteiger partial charge on any atom is 0.292 e. The van der Waals surface area contributed by atoms with Gasteiger partial charge in [-0.3, -0.25) is 4.79 Å². The molecule has 0 spiro atoms. The smallest absolute Gasteiger partial charge is 0.292 e. The van der Waals surface area contributed by atoms with Crippen molar-refractivity contribution in [2.24, 2.45) is 0 Å². The zero-order valence-corrected chi connectivity index (χ0v) is 16.6. The molecule has 1 aromatic heterocycles. The first-order chi connectivity index (χ1) is 13.6. The molecule has 1 N–H and O–H groups in total. The number of hydrogen-bond acceptors (Lipinski definition) is 4. The van der Waals surface area contributed by atoms with Crippen LogP contribution in [0.5, 0.6) is 0 Å². The number of halogens is 1. The van der Waals surface area contributed by atoms with Crippen molar-refractivity contribution in [1.29, 1.82) is 0 Å². The van der Waals surface area contributed by atoms with Gasteiger partial charge >= 0.3 is 0 Å². The second kappa shape index (κ2) is 8.07. The van der Waals surface area contributed by atoms with Crippen LogP contribution in [-0.4, -0.2) is 28.9 Å². The van der Waals surface area contributed by atoms with Crippen molar-refractivity contribution in [2.45, 2.75) is 25.8 Å². The molecule has 0 amide bonds. The van der Waals surface area contributed by atoms with Crippen LogP contribution in [0.3, 0.4) is 0 Å². The third kappa shape index (κ3) is 3.90. The number of aryl methyl sites for hydroxylation is 1. The molecule has 1 saturated heterocycles. The van der Waals surface area contributed by atoms with Crippen molar-refractivity contribution in [2.75, 3.05) is 23.3 Å². The number of nitrogens with zero attached hydrogens (tertiary/aromatic N) is 3. The fourth-order valence-electron chi connectivity index (χ4n) is 3.63. The third-order valence-corrected chi connectivity index (χ3v) is 5.48. The van der Waals surface area contributed by atoms with Crippen molar-refractivity contribution in [3.8, 4) is 5.69 Å². The molecular weight excluding hydrogens is 372 g/mol. The van der Waals surface area contributed by atoms with Gasteiger partial charge in [-0.15, -0.1) is 0 Å². The summed E-state index contributed by atoms with van der Waals surface area (Å²) in [4.78, 5) is 14.9. The van der Waals surface area contributed by atoms with Crippen LogP contribution in [0.2, 0.25) is 5.02 Å². The van der Waals surface area contributed by atoms with Crippen molar-refractivity contribution in [1.82, 2.24) is 9.78 Å². The Morgan fingerprint density at radius 3 is 2.54 bits per heavy atom. The summed E-state index contributed by atoms with van der Waals surface area (Å²) < 4.78 is 1.35. The lowest BCUT2D eigenvalue weighted by atomic mass is 10.0. The summed E-state index contributed by atoms with van der Waals surface area (Å²) in [5.74, 6) is 0. The summed E-state index contributed by atoms with van der Waals surface area (Å²) in [5.41, 5.74) is 3.54. The highest BCUT2D eigenvalue weighted by molar-refractivity contribution is 6.33. The lowest BCUT2D eigenvalue weighted by Crippen LogP contribution is -2.40. The third-order valence-electron chi connectivity index (χ3n) is 5.13. The maximum atomic E-state index is 12.7. The van der Waals surface area contributed by atoms with Gasteiger partial charge in [0.15, 0.2) is 0 Å². The second-order valence-electron chi connectivity index (χ2n) is 7.17. The number of para-hydroxylation sites is 1. The molecule has 0 atom stereocenters. The average molecular weight is 395 g/mol. The molecule has 1 fully saturated rings. The van der Waals surface area contributed by atoms with Crippen LogP contribution in [0.1, 0.15) is 18.4 Å². The molecule has 1 aliphatic rings. The SMILES string of the molecule is Cc1cccc(NC2CCN(c3cnn(-c4ccccc4)c(=O)c3Cl)CC2)c1. The van der Waals surface area contributed by atoms with Gasteiger partial charge in [0.1, 0.15) is 5.02 Å². The van der Waals surface area contributed by atoms with E-state index in [-0.39, 0.29) is 10.6 Å². The summed E-state index contributed by atoms with van der Waals surface area (Å²) in [6.45, 7) is 3.76. The molecule has 5 nitrogen and oxygen atoms in total. The number of rotatable bonds is 4. The fourth-order valence-corrected chi connectivity index (χ4v) is 3.88. The standard InChI is InChI=1S/C22H23ClN4O/c1-16-6-5-7-18(14-16)25-17-10-12-26(13-11-17)20-15-24-27(22(28)21(20)23)19-8-3-2-4-9-19/h2-9,14-15,17,25H,10-13H2,1H3. The van der Waals surface area contributed by atoms with Crippen LogP contribution in [0.15, 0.2) is 65.6 Å². The first-order valence-corrected chi connectivity index (χ1v) is 9.91. The van der Waals surface area contributed by atoms with Gasteiger partial charge < -0.3 is 10.2 Å². The van der Waals surface area contributed by atoms with Gasteiger partial charge in [-0.05, 0) is 49.6 Å². The zero-order chi connectivity index (χ0) is 19.5. The topological polar surface area (TPSA) is 50.2 Å². The van der Waals surface area contributed by atoms with Crippen LogP contribution in [0.25, 0.3) is 5.69 Å². The Labute approximate surface area is 169 Å². The highest BCUT2D eigenvalue weighted by Gasteiger charge is 2.23.